The molecule has 1 aromatic rings. The number of hydrogen-bond donors (Lipinski definition) is 2. The lowest BCUT2D eigenvalue weighted by Crippen LogP contribution is -2.14. The normalized spacial score (nSPS) is 13.0. The summed E-state index contributed by atoms with van der Waals surface area (Å²) in [5.74, 6) is 0. The van der Waals surface area contributed by atoms with Crippen molar-refractivity contribution in [3.8, 4) is 0 Å². The SMILES string of the molecule is N[C@H](CO)c1ccc(Cl)c(I)c1. The first-order chi connectivity index (χ1) is 5.65. The molecule has 66 valence electrons. The molecule has 3 N–H and O–H groups in total. The summed E-state index contributed by atoms with van der Waals surface area (Å²) in [7, 11) is 0. The zero-order chi connectivity index (χ0) is 9.14. The first-order valence-corrected chi connectivity index (χ1v) is 4.92. The van der Waals surface area contributed by atoms with E-state index in [0.717, 1.165) is 9.13 Å². The molecule has 0 radical (unpaired) electrons. The monoisotopic (exact) mass is 297 g/mol. The highest BCUT2D eigenvalue weighted by molar-refractivity contribution is 14.1. The summed E-state index contributed by atoms with van der Waals surface area (Å²) in [5.41, 5.74) is 6.53. The lowest BCUT2D eigenvalue weighted by Gasteiger charge is -2.08. The van der Waals surface area contributed by atoms with Gasteiger partial charge in [0.1, 0.15) is 0 Å². The molecule has 0 aliphatic carbocycles. The predicted octanol–water partition coefficient (Wildman–Crippen LogP) is 1.94. The van der Waals surface area contributed by atoms with Crippen LogP contribution in [0.3, 0.4) is 0 Å². The van der Waals surface area contributed by atoms with E-state index in [1.807, 2.05) is 12.1 Å². The fraction of sp³-hybridized carbons (Fsp3) is 0.250. The van der Waals surface area contributed by atoms with Crippen LogP contribution in [0.2, 0.25) is 5.02 Å². The molecule has 4 heteroatoms. The lowest BCUT2D eigenvalue weighted by atomic mass is 10.1. The van der Waals surface area contributed by atoms with E-state index in [-0.39, 0.29) is 12.6 Å². The molecular weight excluding hydrogens is 288 g/mol. The third-order valence-electron chi connectivity index (χ3n) is 1.57. The van der Waals surface area contributed by atoms with Gasteiger partial charge in [0.15, 0.2) is 0 Å². The number of aliphatic hydroxyl groups is 1. The van der Waals surface area contributed by atoms with Crippen LogP contribution in [0.1, 0.15) is 11.6 Å². The van der Waals surface area contributed by atoms with Crippen molar-refractivity contribution in [1.82, 2.24) is 0 Å². The summed E-state index contributed by atoms with van der Waals surface area (Å²) >= 11 is 7.95. The Morgan fingerprint density at radius 1 is 1.58 bits per heavy atom. The highest BCUT2D eigenvalue weighted by Gasteiger charge is 2.05. The van der Waals surface area contributed by atoms with Gasteiger partial charge in [-0.3, -0.25) is 0 Å². The van der Waals surface area contributed by atoms with Gasteiger partial charge in [-0.25, -0.2) is 0 Å². The van der Waals surface area contributed by atoms with E-state index in [4.69, 9.17) is 22.4 Å². The van der Waals surface area contributed by atoms with Crippen LogP contribution in [0, 0.1) is 3.57 Å². The van der Waals surface area contributed by atoms with Crippen LogP contribution in [0.15, 0.2) is 18.2 Å². The van der Waals surface area contributed by atoms with Crippen molar-refractivity contribution in [1.29, 1.82) is 0 Å². The molecule has 1 atom stereocenters. The van der Waals surface area contributed by atoms with E-state index in [1.165, 1.54) is 0 Å². The van der Waals surface area contributed by atoms with Crippen molar-refractivity contribution in [2.45, 2.75) is 6.04 Å². The minimum atomic E-state index is -0.309. The highest BCUT2D eigenvalue weighted by Crippen LogP contribution is 2.21. The average molecular weight is 298 g/mol. The van der Waals surface area contributed by atoms with Crippen LogP contribution in [-0.4, -0.2) is 11.7 Å². The summed E-state index contributed by atoms with van der Waals surface area (Å²) in [6.45, 7) is -0.0439. The summed E-state index contributed by atoms with van der Waals surface area (Å²) in [6.07, 6.45) is 0. The highest BCUT2D eigenvalue weighted by atomic mass is 127. The smallest absolute Gasteiger partial charge is 0.0624 e. The Kier molecular flexibility index (Phi) is 3.77. The molecule has 0 aliphatic heterocycles. The van der Waals surface area contributed by atoms with Gasteiger partial charge in [0.2, 0.25) is 0 Å². The second-order valence-electron chi connectivity index (χ2n) is 2.46. The average Bonchev–Trinajstić information content (AvgIpc) is 2.08. The molecule has 0 fully saturated rings. The maximum absolute atomic E-state index is 8.79. The Morgan fingerprint density at radius 3 is 2.75 bits per heavy atom. The molecule has 1 aromatic carbocycles. The molecule has 0 aliphatic rings. The summed E-state index contributed by atoms with van der Waals surface area (Å²) in [5, 5.41) is 9.50. The van der Waals surface area contributed by atoms with Gasteiger partial charge in [0.25, 0.3) is 0 Å². The van der Waals surface area contributed by atoms with Gasteiger partial charge in [-0.15, -0.1) is 0 Å². The van der Waals surface area contributed by atoms with Crippen LogP contribution in [0.25, 0.3) is 0 Å². The van der Waals surface area contributed by atoms with Crippen molar-refractivity contribution in [3.05, 3.63) is 32.4 Å². The van der Waals surface area contributed by atoms with Crippen molar-refractivity contribution in [3.63, 3.8) is 0 Å². The Bertz CT molecular complexity index is 280. The van der Waals surface area contributed by atoms with Crippen molar-refractivity contribution < 1.29 is 5.11 Å². The predicted molar refractivity (Wildman–Crippen MR) is 58.2 cm³/mol. The van der Waals surface area contributed by atoms with Gasteiger partial charge in [-0.2, -0.15) is 0 Å². The standard InChI is InChI=1S/C8H9ClINO/c9-6-2-1-5(3-7(6)10)8(11)4-12/h1-3,8,12H,4,11H2/t8-/m1/s1. The Hall–Kier alpha value is 0.160. The molecule has 0 bridgehead atoms. The van der Waals surface area contributed by atoms with Crippen molar-refractivity contribution in [2.24, 2.45) is 5.73 Å². The number of rotatable bonds is 2. The fourth-order valence-corrected chi connectivity index (χ4v) is 1.51. The van der Waals surface area contributed by atoms with Crippen LogP contribution >= 0.6 is 34.2 Å². The number of halogens is 2. The molecule has 0 saturated carbocycles. The van der Waals surface area contributed by atoms with Gasteiger partial charge in [0, 0.05) is 3.57 Å². The maximum atomic E-state index is 8.79. The largest absolute Gasteiger partial charge is 0.394 e. The first-order valence-electron chi connectivity index (χ1n) is 3.46. The summed E-state index contributed by atoms with van der Waals surface area (Å²) in [4.78, 5) is 0. The van der Waals surface area contributed by atoms with Gasteiger partial charge in [-0.1, -0.05) is 17.7 Å². The Morgan fingerprint density at radius 2 is 2.25 bits per heavy atom. The van der Waals surface area contributed by atoms with Crippen LogP contribution in [0.4, 0.5) is 0 Å². The molecule has 0 aromatic heterocycles. The minimum Gasteiger partial charge on any atom is -0.394 e. The third kappa shape index (κ3) is 2.32. The molecule has 0 heterocycles. The molecule has 0 amide bonds. The quantitative estimate of drug-likeness (QED) is 0.820. The number of aliphatic hydroxyl groups excluding tert-OH is 1. The molecule has 0 saturated heterocycles. The van der Waals surface area contributed by atoms with Crippen LogP contribution in [-0.2, 0) is 0 Å². The Labute approximate surface area is 89.9 Å². The van der Waals surface area contributed by atoms with E-state index in [2.05, 4.69) is 22.6 Å². The number of hydrogen-bond acceptors (Lipinski definition) is 2. The fourth-order valence-electron chi connectivity index (χ4n) is 0.848. The number of benzene rings is 1. The molecule has 0 unspecified atom stereocenters. The third-order valence-corrected chi connectivity index (χ3v) is 3.11. The van der Waals surface area contributed by atoms with Crippen molar-refractivity contribution >= 4 is 34.2 Å². The zero-order valence-corrected chi connectivity index (χ0v) is 9.21. The topological polar surface area (TPSA) is 46.2 Å². The van der Waals surface area contributed by atoms with E-state index < -0.39 is 0 Å². The first kappa shape index (κ1) is 10.2. The molecule has 12 heavy (non-hydrogen) atoms. The van der Waals surface area contributed by atoms with E-state index in [9.17, 15) is 0 Å². The summed E-state index contributed by atoms with van der Waals surface area (Å²) in [6, 6.07) is 5.18. The van der Waals surface area contributed by atoms with E-state index in [0.29, 0.717) is 5.02 Å². The Balaban J connectivity index is 2.96. The molecule has 2 nitrogen and oxygen atoms in total. The molecular formula is C8H9ClINO. The van der Waals surface area contributed by atoms with E-state index in [1.54, 1.807) is 6.07 Å². The maximum Gasteiger partial charge on any atom is 0.0624 e. The lowest BCUT2D eigenvalue weighted by molar-refractivity contribution is 0.268. The van der Waals surface area contributed by atoms with Crippen LogP contribution < -0.4 is 5.73 Å². The van der Waals surface area contributed by atoms with E-state index >= 15 is 0 Å². The second kappa shape index (κ2) is 4.41. The van der Waals surface area contributed by atoms with Gasteiger partial charge in [-0.05, 0) is 40.3 Å². The van der Waals surface area contributed by atoms with Gasteiger partial charge >= 0.3 is 0 Å². The molecule has 0 spiro atoms. The molecule has 1 rings (SSSR count). The summed E-state index contributed by atoms with van der Waals surface area (Å²) < 4.78 is 0.954. The number of nitrogens with two attached hydrogens (primary N) is 1. The second-order valence-corrected chi connectivity index (χ2v) is 4.03. The van der Waals surface area contributed by atoms with Crippen LogP contribution in [0.5, 0.6) is 0 Å². The van der Waals surface area contributed by atoms with Gasteiger partial charge < -0.3 is 10.8 Å². The minimum absolute atomic E-state index is 0.0439. The van der Waals surface area contributed by atoms with Crippen molar-refractivity contribution in [2.75, 3.05) is 6.61 Å². The van der Waals surface area contributed by atoms with Gasteiger partial charge in [0.05, 0.1) is 17.7 Å². The zero-order valence-electron chi connectivity index (χ0n) is 6.30.